The first-order chi connectivity index (χ1) is 10.1. The number of aliphatic carboxylic acids is 1. The molecule has 0 aliphatic heterocycles. The van der Waals surface area contributed by atoms with Crippen molar-refractivity contribution in [3.05, 3.63) is 0 Å². The monoisotopic (exact) mass is 313 g/mol. The fourth-order valence-electron chi connectivity index (χ4n) is 3.89. The lowest BCUT2D eigenvalue weighted by molar-refractivity contribution is -0.143. The number of carbonyl (C=O) groups is 2. The van der Waals surface area contributed by atoms with Crippen LogP contribution in [-0.2, 0) is 9.59 Å². The number of nitrogens with one attached hydrogen (secondary N) is 1. The number of carboxylic acid groups (broad SMARTS) is 1. The van der Waals surface area contributed by atoms with Crippen LogP contribution in [0, 0.1) is 17.8 Å². The summed E-state index contributed by atoms with van der Waals surface area (Å²) in [7, 11) is 0. The Balaban J connectivity index is 1.85. The van der Waals surface area contributed by atoms with Crippen LogP contribution >= 0.6 is 11.8 Å². The molecular formula is C16H27NO3S. The van der Waals surface area contributed by atoms with Gasteiger partial charge in [-0.2, -0.15) is 11.8 Å². The molecule has 2 aliphatic carbocycles. The molecule has 120 valence electrons. The Morgan fingerprint density at radius 3 is 2.57 bits per heavy atom. The third-order valence-corrected chi connectivity index (χ3v) is 5.78. The van der Waals surface area contributed by atoms with Crippen LogP contribution in [0.3, 0.4) is 0 Å². The molecule has 3 unspecified atom stereocenters. The number of hydrogen-bond donors (Lipinski definition) is 2. The van der Waals surface area contributed by atoms with Crippen molar-refractivity contribution in [2.45, 2.75) is 57.4 Å². The lowest BCUT2D eigenvalue weighted by atomic mass is 9.67. The summed E-state index contributed by atoms with van der Waals surface area (Å²) < 4.78 is 0. The fourth-order valence-corrected chi connectivity index (χ4v) is 4.37. The molecule has 0 aromatic heterocycles. The summed E-state index contributed by atoms with van der Waals surface area (Å²) in [5.74, 6) is 1.34. The Kier molecular flexibility index (Phi) is 6.40. The molecular weight excluding hydrogens is 286 g/mol. The second-order valence-corrected chi connectivity index (χ2v) is 7.48. The predicted octanol–water partition coefficient (Wildman–Crippen LogP) is 2.92. The quantitative estimate of drug-likeness (QED) is 0.791. The highest BCUT2D eigenvalue weighted by Gasteiger charge is 2.35. The molecule has 4 atom stereocenters. The molecule has 2 saturated carbocycles. The van der Waals surface area contributed by atoms with Gasteiger partial charge in [0.2, 0.25) is 5.91 Å². The van der Waals surface area contributed by atoms with Gasteiger partial charge >= 0.3 is 5.97 Å². The van der Waals surface area contributed by atoms with Crippen molar-refractivity contribution in [2.75, 3.05) is 12.0 Å². The molecule has 5 heteroatoms. The zero-order valence-corrected chi connectivity index (χ0v) is 13.7. The number of carbonyl (C=O) groups excluding carboxylic acids is 1. The summed E-state index contributed by atoms with van der Waals surface area (Å²) in [5, 5.41) is 12.0. The van der Waals surface area contributed by atoms with Gasteiger partial charge in [-0.3, -0.25) is 4.79 Å². The van der Waals surface area contributed by atoms with Crippen LogP contribution in [0.4, 0.5) is 0 Å². The lowest BCUT2D eigenvalue weighted by Crippen LogP contribution is -2.45. The second-order valence-electron chi connectivity index (χ2n) is 6.50. The van der Waals surface area contributed by atoms with Gasteiger partial charge in [-0.25, -0.2) is 4.79 Å². The summed E-state index contributed by atoms with van der Waals surface area (Å²) in [6, 6.07) is -0.728. The predicted molar refractivity (Wildman–Crippen MR) is 85.4 cm³/mol. The van der Waals surface area contributed by atoms with Gasteiger partial charge in [0.15, 0.2) is 0 Å². The lowest BCUT2D eigenvalue weighted by Gasteiger charge is -2.39. The average Bonchev–Trinajstić information content (AvgIpc) is 2.50. The van der Waals surface area contributed by atoms with Crippen molar-refractivity contribution < 1.29 is 14.7 Å². The third-order valence-electron chi connectivity index (χ3n) is 5.14. The van der Waals surface area contributed by atoms with E-state index in [1.54, 1.807) is 11.8 Å². The van der Waals surface area contributed by atoms with Crippen molar-refractivity contribution >= 4 is 23.6 Å². The van der Waals surface area contributed by atoms with Gasteiger partial charge in [0.25, 0.3) is 0 Å². The minimum absolute atomic E-state index is 0.0282. The summed E-state index contributed by atoms with van der Waals surface area (Å²) >= 11 is 1.61. The number of fused-ring (bicyclic) bond motifs is 1. The summed E-state index contributed by atoms with van der Waals surface area (Å²) in [6.45, 7) is 0. The van der Waals surface area contributed by atoms with Gasteiger partial charge in [0.05, 0.1) is 0 Å². The maximum Gasteiger partial charge on any atom is 0.326 e. The summed E-state index contributed by atoms with van der Waals surface area (Å²) in [5.41, 5.74) is 0. The molecule has 2 fully saturated rings. The van der Waals surface area contributed by atoms with Crippen LogP contribution in [-0.4, -0.2) is 35.0 Å². The van der Waals surface area contributed by atoms with Gasteiger partial charge in [-0.1, -0.05) is 25.7 Å². The maximum atomic E-state index is 12.4. The Hall–Kier alpha value is -0.710. The first-order valence-electron chi connectivity index (χ1n) is 8.14. The number of carboxylic acids is 1. The standard InChI is InChI=1S/C16H27NO3S/c1-21-9-8-14(16(19)20)17-15(18)13-7-6-11-4-2-3-5-12(11)10-13/h11-14H,2-10H2,1H3,(H,17,18)(H,19,20)/t11?,12?,13?,14-/m1/s1. The van der Waals surface area contributed by atoms with Gasteiger partial charge in [-0.15, -0.1) is 0 Å². The van der Waals surface area contributed by atoms with E-state index in [1.807, 2.05) is 6.26 Å². The van der Waals surface area contributed by atoms with Crippen LogP contribution in [0.25, 0.3) is 0 Å². The molecule has 0 heterocycles. The van der Waals surface area contributed by atoms with E-state index in [0.29, 0.717) is 12.3 Å². The molecule has 4 nitrogen and oxygen atoms in total. The highest BCUT2D eigenvalue weighted by molar-refractivity contribution is 7.98. The van der Waals surface area contributed by atoms with Crippen molar-refractivity contribution in [3.8, 4) is 0 Å². The molecule has 1 amide bonds. The van der Waals surface area contributed by atoms with Gasteiger partial charge in [-0.05, 0) is 49.5 Å². The average molecular weight is 313 g/mol. The molecule has 0 saturated heterocycles. The van der Waals surface area contributed by atoms with Crippen LogP contribution in [0.1, 0.15) is 51.4 Å². The molecule has 0 bridgehead atoms. The van der Waals surface area contributed by atoms with Crippen molar-refractivity contribution in [2.24, 2.45) is 17.8 Å². The Morgan fingerprint density at radius 2 is 1.90 bits per heavy atom. The van der Waals surface area contributed by atoms with Crippen molar-refractivity contribution in [1.29, 1.82) is 0 Å². The molecule has 2 rings (SSSR count). The molecule has 2 N–H and O–H groups in total. The van der Waals surface area contributed by atoms with Crippen molar-refractivity contribution in [3.63, 3.8) is 0 Å². The zero-order chi connectivity index (χ0) is 15.2. The fraction of sp³-hybridized carbons (Fsp3) is 0.875. The zero-order valence-electron chi connectivity index (χ0n) is 12.8. The van der Waals surface area contributed by atoms with Gasteiger partial charge in [0.1, 0.15) is 6.04 Å². The Bertz CT molecular complexity index is 375. The Morgan fingerprint density at radius 1 is 1.19 bits per heavy atom. The second kappa shape index (κ2) is 8.06. The van der Waals surface area contributed by atoms with E-state index in [1.165, 1.54) is 25.7 Å². The first-order valence-corrected chi connectivity index (χ1v) is 9.53. The number of thioether (sulfide) groups is 1. The van der Waals surface area contributed by atoms with Crippen LogP contribution in [0.15, 0.2) is 0 Å². The molecule has 0 spiro atoms. The molecule has 0 aromatic carbocycles. The van der Waals surface area contributed by atoms with Gasteiger partial charge in [0, 0.05) is 5.92 Å². The van der Waals surface area contributed by atoms with Crippen LogP contribution < -0.4 is 5.32 Å². The van der Waals surface area contributed by atoms with Gasteiger partial charge < -0.3 is 10.4 Å². The SMILES string of the molecule is CSCC[C@@H](NC(=O)C1CCC2CCCCC2C1)C(=O)O. The van der Waals surface area contributed by atoms with E-state index in [-0.39, 0.29) is 11.8 Å². The first kappa shape index (κ1) is 16.7. The van der Waals surface area contributed by atoms with E-state index in [4.69, 9.17) is 0 Å². The molecule has 0 aromatic rings. The number of rotatable bonds is 6. The highest BCUT2D eigenvalue weighted by Crippen LogP contribution is 2.42. The van der Waals surface area contributed by atoms with Crippen LogP contribution in [0.2, 0.25) is 0 Å². The van der Waals surface area contributed by atoms with E-state index in [9.17, 15) is 14.7 Å². The maximum absolute atomic E-state index is 12.4. The van der Waals surface area contributed by atoms with E-state index < -0.39 is 12.0 Å². The minimum atomic E-state index is -0.913. The molecule has 2 aliphatic rings. The summed E-state index contributed by atoms with van der Waals surface area (Å²) in [6.07, 6.45) is 10.7. The Labute approximate surface area is 131 Å². The summed E-state index contributed by atoms with van der Waals surface area (Å²) in [4.78, 5) is 23.6. The van der Waals surface area contributed by atoms with Crippen LogP contribution in [0.5, 0.6) is 0 Å². The largest absolute Gasteiger partial charge is 0.480 e. The molecule has 21 heavy (non-hydrogen) atoms. The minimum Gasteiger partial charge on any atom is -0.480 e. The number of amides is 1. The van der Waals surface area contributed by atoms with Crippen molar-refractivity contribution in [1.82, 2.24) is 5.32 Å². The highest BCUT2D eigenvalue weighted by atomic mass is 32.2. The van der Waals surface area contributed by atoms with E-state index in [0.717, 1.165) is 30.9 Å². The van der Waals surface area contributed by atoms with E-state index in [2.05, 4.69) is 5.32 Å². The topological polar surface area (TPSA) is 66.4 Å². The molecule has 0 radical (unpaired) electrons. The smallest absolute Gasteiger partial charge is 0.326 e. The third kappa shape index (κ3) is 4.63. The number of hydrogen-bond acceptors (Lipinski definition) is 3. The normalized spacial score (nSPS) is 30.2. The van der Waals surface area contributed by atoms with E-state index >= 15 is 0 Å².